The summed E-state index contributed by atoms with van der Waals surface area (Å²) in [6.45, 7) is 9.87. The normalized spacial score (nSPS) is 12.2. The first-order chi connectivity index (χ1) is 12.4. The van der Waals surface area contributed by atoms with Crippen molar-refractivity contribution in [2.75, 3.05) is 14.2 Å². The third-order valence-corrected chi connectivity index (χ3v) is 5.52. The van der Waals surface area contributed by atoms with Crippen LogP contribution in [0.4, 0.5) is 4.39 Å². The monoisotopic (exact) mass is 412 g/mol. The van der Waals surface area contributed by atoms with Crippen LogP contribution in [0.5, 0.6) is 11.5 Å². The van der Waals surface area contributed by atoms with E-state index in [4.69, 9.17) is 32.7 Å². The highest BCUT2D eigenvalue weighted by Gasteiger charge is 2.31. The van der Waals surface area contributed by atoms with E-state index in [1.165, 1.54) is 0 Å². The SMILES string of the molecule is COc1cccc(C(C)(C)Cc2cc(OC)c(Cl)c(C(C)(C)C)c2F)c1Cl. The second-order valence-electron chi connectivity index (χ2n) is 8.37. The van der Waals surface area contributed by atoms with E-state index in [-0.39, 0.29) is 5.82 Å². The molecule has 2 nitrogen and oxygen atoms in total. The number of halogens is 3. The van der Waals surface area contributed by atoms with Crippen molar-refractivity contribution in [1.29, 1.82) is 0 Å². The molecule has 2 aromatic carbocycles. The van der Waals surface area contributed by atoms with Crippen LogP contribution in [0, 0.1) is 5.82 Å². The maximum absolute atomic E-state index is 15.4. The van der Waals surface area contributed by atoms with Gasteiger partial charge in [0.2, 0.25) is 0 Å². The first-order valence-corrected chi connectivity index (χ1v) is 9.58. The largest absolute Gasteiger partial charge is 0.495 e. The Labute approximate surface area is 171 Å². The summed E-state index contributed by atoms with van der Waals surface area (Å²) in [6.07, 6.45) is 0.433. The molecule has 2 rings (SSSR count). The number of benzene rings is 2. The van der Waals surface area contributed by atoms with Crippen molar-refractivity contribution < 1.29 is 13.9 Å². The Morgan fingerprint density at radius 2 is 1.52 bits per heavy atom. The minimum Gasteiger partial charge on any atom is -0.495 e. The van der Waals surface area contributed by atoms with Crippen molar-refractivity contribution in [3.8, 4) is 11.5 Å². The van der Waals surface area contributed by atoms with Crippen molar-refractivity contribution in [3.63, 3.8) is 0 Å². The van der Waals surface area contributed by atoms with Crippen LogP contribution in [0.25, 0.3) is 0 Å². The summed E-state index contributed by atoms with van der Waals surface area (Å²) in [5.74, 6) is 0.790. The predicted molar refractivity (Wildman–Crippen MR) is 111 cm³/mol. The summed E-state index contributed by atoms with van der Waals surface area (Å²) in [5, 5.41) is 0.867. The summed E-state index contributed by atoms with van der Waals surface area (Å²) in [5.41, 5.74) is 1.02. The van der Waals surface area contributed by atoms with Crippen molar-refractivity contribution >= 4 is 23.2 Å². The lowest BCUT2D eigenvalue weighted by atomic mass is 9.77. The Bertz CT molecular complexity index is 839. The predicted octanol–water partition coefficient (Wildman–Crippen LogP) is 6.97. The Kier molecular flexibility index (Phi) is 6.38. The highest BCUT2D eigenvalue weighted by atomic mass is 35.5. The Balaban J connectivity index is 2.60. The molecule has 0 atom stereocenters. The zero-order chi connectivity index (χ0) is 20.6. The summed E-state index contributed by atoms with van der Waals surface area (Å²) >= 11 is 12.9. The Morgan fingerprint density at radius 3 is 2.04 bits per heavy atom. The fourth-order valence-corrected chi connectivity index (χ4v) is 4.32. The van der Waals surface area contributed by atoms with E-state index >= 15 is 4.39 Å². The minimum absolute atomic E-state index is 0.291. The zero-order valence-electron chi connectivity index (χ0n) is 17.0. The van der Waals surface area contributed by atoms with E-state index in [0.717, 1.165) is 5.56 Å². The van der Waals surface area contributed by atoms with Gasteiger partial charge in [0.05, 0.1) is 24.3 Å². The molecular weight excluding hydrogens is 386 g/mol. The molecule has 0 N–H and O–H groups in total. The molecule has 0 heterocycles. The van der Waals surface area contributed by atoms with Gasteiger partial charge < -0.3 is 9.47 Å². The van der Waals surface area contributed by atoms with Crippen molar-refractivity contribution in [3.05, 3.63) is 56.8 Å². The molecule has 2 aromatic rings. The summed E-state index contributed by atoms with van der Waals surface area (Å²) < 4.78 is 26.2. The lowest BCUT2D eigenvalue weighted by Gasteiger charge is -2.30. The van der Waals surface area contributed by atoms with Crippen molar-refractivity contribution in [1.82, 2.24) is 0 Å². The van der Waals surface area contributed by atoms with Crippen LogP contribution in [-0.2, 0) is 17.3 Å². The average molecular weight is 413 g/mol. The van der Waals surface area contributed by atoms with Gasteiger partial charge in [0.15, 0.2) is 0 Å². The van der Waals surface area contributed by atoms with E-state index in [9.17, 15) is 0 Å². The lowest BCUT2D eigenvalue weighted by Crippen LogP contribution is -2.24. The quantitative estimate of drug-likeness (QED) is 0.527. The molecular formula is C22H27Cl2FO2. The third-order valence-electron chi connectivity index (χ3n) is 4.76. The first-order valence-electron chi connectivity index (χ1n) is 8.82. The van der Waals surface area contributed by atoms with E-state index in [2.05, 4.69) is 0 Å². The van der Waals surface area contributed by atoms with Crippen LogP contribution in [0.3, 0.4) is 0 Å². The molecule has 5 heteroatoms. The van der Waals surface area contributed by atoms with Crippen LogP contribution in [-0.4, -0.2) is 14.2 Å². The third kappa shape index (κ3) is 4.35. The molecule has 27 heavy (non-hydrogen) atoms. The molecule has 0 radical (unpaired) electrons. The van der Waals surface area contributed by atoms with Crippen molar-refractivity contribution in [2.24, 2.45) is 0 Å². The van der Waals surface area contributed by atoms with Gasteiger partial charge in [-0.2, -0.15) is 0 Å². The van der Waals surface area contributed by atoms with Gasteiger partial charge in [-0.05, 0) is 40.5 Å². The molecule has 0 saturated heterocycles. The number of methoxy groups -OCH3 is 2. The summed E-state index contributed by atoms with van der Waals surface area (Å²) in [6, 6.07) is 7.33. The van der Waals surface area contributed by atoms with Gasteiger partial charge in [0, 0.05) is 5.56 Å². The van der Waals surface area contributed by atoms with Crippen molar-refractivity contribution in [2.45, 2.75) is 51.9 Å². The highest BCUT2D eigenvalue weighted by molar-refractivity contribution is 6.33. The summed E-state index contributed by atoms with van der Waals surface area (Å²) in [4.78, 5) is 0. The number of hydrogen-bond acceptors (Lipinski definition) is 2. The van der Waals surface area contributed by atoms with Gasteiger partial charge in [-0.3, -0.25) is 0 Å². The van der Waals surface area contributed by atoms with Gasteiger partial charge >= 0.3 is 0 Å². The first kappa shape index (κ1) is 21.8. The van der Waals surface area contributed by atoms with Gasteiger partial charge in [0.1, 0.15) is 17.3 Å². The molecule has 0 saturated carbocycles. The summed E-state index contributed by atoms with van der Waals surface area (Å²) in [7, 11) is 3.12. The average Bonchev–Trinajstić information content (AvgIpc) is 2.56. The van der Waals surface area contributed by atoms with E-state index in [0.29, 0.717) is 39.1 Å². The van der Waals surface area contributed by atoms with Crippen LogP contribution in [0.1, 0.15) is 51.3 Å². The fraction of sp³-hybridized carbons (Fsp3) is 0.455. The van der Waals surface area contributed by atoms with Gasteiger partial charge in [-0.15, -0.1) is 0 Å². The van der Waals surface area contributed by atoms with Gasteiger partial charge in [-0.25, -0.2) is 4.39 Å². The van der Waals surface area contributed by atoms with Gasteiger partial charge in [-0.1, -0.05) is 70.0 Å². The molecule has 0 unspecified atom stereocenters. The molecule has 0 aliphatic rings. The van der Waals surface area contributed by atoms with E-state index in [1.807, 2.05) is 52.8 Å². The zero-order valence-corrected chi connectivity index (χ0v) is 18.5. The lowest BCUT2D eigenvalue weighted by molar-refractivity contribution is 0.404. The van der Waals surface area contributed by atoms with Crippen LogP contribution in [0.2, 0.25) is 10.0 Å². The Hall–Kier alpha value is -1.45. The van der Waals surface area contributed by atoms with E-state index in [1.54, 1.807) is 20.3 Å². The topological polar surface area (TPSA) is 18.5 Å². The highest BCUT2D eigenvalue weighted by Crippen LogP contribution is 2.43. The van der Waals surface area contributed by atoms with Gasteiger partial charge in [0.25, 0.3) is 0 Å². The molecule has 0 aliphatic carbocycles. The number of ether oxygens (including phenoxy) is 2. The van der Waals surface area contributed by atoms with E-state index < -0.39 is 10.8 Å². The minimum atomic E-state index is -0.456. The molecule has 0 spiro atoms. The molecule has 0 aromatic heterocycles. The second-order valence-corrected chi connectivity index (χ2v) is 9.13. The molecule has 0 aliphatic heterocycles. The molecule has 0 fully saturated rings. The number of rotatable bonds is 5. The van der Waals surface area contributed by atoms with Crippen LogP contribution in [0.15, 0.2) is 24.3 Å². The maximum Gasteiger partial charge on any atom is 0.138 e. The molecule has 148 valence electrons. The maximum atomic E-state index is 15.4. The Morgan fingerprint density at radius 1 is 0.926 bits per heavy atom. The van der Waals surface area contributed by atoms with Crippen LogP contribution < -0.4 is 9.47 Å². The smallest absolute Gasteiger partial charge is 0.138 e. The molecule has 0 amide bonds. The fourth-order valence-electron chi connectivity index (χ4n) is 3.36. The van der Waals surface area contributed by atoms with Crippen LogP contribution >= 0.6 is 23.2 Å². The molecule has 0 bridgehead atoms. The standard InChI is InChI=1S/C22H27Cl2FO2/c1-21(2,3)17-19(24)16(27-7)11-13(20(17)25)12-22(4,5)14-9-8-10-15(26-6)18(14)23/h8-11H,12H2,1-7H3. The number of hydrogen-bond donors (Lipinski definition) is 0. The second kappa shape index (κ2) is 7.89.